The molecular formula is C7H4FeO6. The molecule has 0 aliphatic heterocycles. The maximum absolute atomic E-state index is 9.25. The molecule has 0 saturated heterocycles. The van der Waals surface area contributed by atoms with Crippen LogP contribution in [-0.4, -0.2) is 11.1 Å². The molecule has 0 rings (SSSR count). The molecule has 0 heterocycles. The van der Waals surface area contributed by atoms with Gasteiger partial charge >= 0.3 is 51.2 Å². The molecule has 0 unspecified atom stereocenters. The number of carbonyl (C=O) groups is 1. The zero-order valence-electron chi connectivity index (χ0n) is 6.63. The molecule has 0 aromatic carbocycles. The van der Waals surface area contributed by atoms with Gasteiger partial charge in [-0.25, -0.2) is 4.79 Å². The summed E-state index contributed by atoms with van der Waals surface area (Å²) in [5.74, 6) is -0.981. The van der Waals surface area contributed by atoms with Crippen molar-refractivity contribution in [2.75, 3.05) is 0 Å². The second kappa shape index (κ2) is 185. The van der Waals surface area contributed by atoms with E-state index in [1.165, 1.54) is 0 Å². The number of carboxylic acids is 1. The van der Waals surface area contributed by atoms with E-state index in [1.54, 1.807) is 0 Å². The third-order valence-corrected chi connectivity index (χ3v) is 0.175. The fourth-order valence-corrected chi connectivity index (χ4v) is 0. The summed E-state index contributed by atoms with van der Waals surface area (Å²) in [5.41, 5.74) is 0. The Balaban J connectivity index is -0.0000000156. The van der Waals surface area contributed by atoms with Gasteiger partial charge in [0.2, 0.25) is 0 Å². The minimum Gasteiger partial charge on any atom is 0 e. The average molecular weight is 240 g/mol. The third-order valence-electron chi connectivity index (χ3n) is 0.175. The molecule has 0 spiro atoms. The van der Waals surface area contributed by atoms with Gasteiger partial charge in [0.15, 0.2) is 0 Å². The Kier molecular flexibility index (Phi) is 511. The van der Waals surface area contributed by atoms with Gasteiger partial charge in [-0.05, 0) is 0 Å². The SMILES string of the molecule is C=CC(=O)O.[C-]#[O+].[C-]#[O+].[C-]#[O+].[C-]#[O+].[Fe]. The van der Waals surface area contributed by atoms with E-state index in [1.807, 2.05) is 0 Å². The van der Waals surface area contributed by atoms with Crippen LogP contribution in [0.5, 0.6) is 0 Å². The summed E-state index contributed by atoms with van der Waals surface area (Å²) in [6.07, 6.45) is 0.833. The number of aliphatic carboxylic acids is 1. The van der Waals surface area contributed by atoms with Crippen LogP contribution in [0.1, 0.15) is 0 Å². The minimum absolute atomic E-state index is 0. The zero-order chi connectivity index (χ0) is 12.3. The molecule has 0 aliphatic carbocycles. The Labute approximate surface area is 91.3 Å². The maximum atomic E-state index is 9.25. The largest absolute Gasteiger partial charge is 0 e. The van der Waals surface area contributed by atoms with Crippen molar-refractivity contribution in [2.24, 2.45) is 0 Å². The van der Waals surface area contributed by atoms with Crippen molar-refractivity contribution < 1.29 is 45.6 Å². The van der Waals surface area contributed by atoms with Crippen LogP contribution in [0, 0.1) is 26.6 Å². The van der Waals surface area contributed by atoms with Gasteiger partial charge in [-0.3, -0.25) is 0 Å². The molecule has 0 radical (unpaired) electrons. The molecule has 0 bridgehead atoms. The first-order valence-electron chi connectivity index (χ1n) is 1.94. The summed E-state index contributed by atoms with van der Waals surface area (Å²) in [4.78, 5) is 9.25. The summed E-state index contributed by atoms with van der Waals surface area (Å²) in [6.45, 7) is 21.0. The molecule has 1 N–H and O–H groups in total. The Morgan fingerprint density at radius 2 is 1.07 bits per heavy atom. The molecule has 0 aromatic rings. The molecular weight excluding hydrogens is 236 g/mol. The number of rotatable bonds is 1. The molecule has 0 saturated carbocycles. The second-order valence-corrected chi connectivity index (χ2v) is 0.542. The molecule has 14 heavy (non-hydrogen) atoms. The zero-order valence-corrected chi connectivity index (χ0v) is 7.73. The summed E-state index contributed by atoms with van der Waals surface area (Å²) >= 11 is 0. The normalized spacial score (nSPS) is 2.86. The van der Waals surface area contributed by atoms with Crippen molar-refractivity contribution in [3.05, 3.63) is 39.3 Å². The van der Waals surface area contributed by atoms with Crippen LogP contribution in [0.4, 0.5) is 0 Å². The van der Waals surface area contributed by atoms with Crippen molar-refractivity contribution >= 4 is 5.97 Å². The van der Waals surface area contributed by atoms with Crippen molar-refractivity contribution in [1.29, 1.82) is 0 Å². The molecule has 0 amide bonds. The second-order valence-electron chi connectivity index (χ2n) is 0.542. The van der Waals surface area contributed by atoms with Crippen LogP contribution in [0.3, 0.4) is 0 Å². The molecule has 0 aromatic heterocycles. The Hall–Kier alpha value is -1.31. The van der Waals surface area contributed by atoms with Crippen LogP contribution in [0.2, 0.25) is 0 Å². The molecule has 0 atom stereocenters. The predicted molar refractivity (Wildman–Crippen MR) is 33.6 cm³/mol. The third kappa shape index (κ3) is 2110. The predicted octanol–water partition coefficient (Wildman–Crippen LogP) is 0.104. The topological polar surface area (TPSA) is 117 Å². The van der Waals surface area contributed by atoms with Gasteiger partial charge in [-0.15, -0.1) is 0 Å². The van der Waals surface area contributed by atoms with Crippen LogP contribution < -0.4 is 0 Å². The molecule has 7 heteroatoms. The first-order valence-corrected chi connectivity index (χ1v) is 1.94. The fraction of sp³-hybridized carbons (Fsp3) is 0. The maximum Gasteiger partial charge on any atom is 0 e. The van der Waals surface area contributed by atoms with Gasteiger partial charge in [0, 0.05) is 23.1 Å². The summed E-state index contributed by atoms with van der Waals surface area (Å²) in [7, 11) is 0. The van der Waals surface area contributed by atoms with Gasteiger partial charge in [0.1, 0.15) is 0 Å². The van der Waals surface area contributed by atoms with Crippen LogP contribution in [-0.2, 0) is 40.5 Å². The van der Waals surface area contributed by atoms with E-state index >= 15 is 0 Å². The van der Waals surface area contributed by atoms with E-state index in [-0.39, 0.29) is 17.1 Å². The Bertz CT molecular complexity index is 154. The van der Waals surface area contributed by atoms with Gasteiger partial charge in [0.25, 0.3) is 0 Å². The molecule has 0 aliphatic rings. The monoisotopic (exact) mass is 240 g/mol. The van der Waals surface area contributed by atoms with Gasteiger partial charge in [-0.2, -0.15) is 0 Å². The van der Waals surface area contributed by atoms with E-state index in [4.69, 9.17) is 23.7 Å². The van der Waals surface area contributed by atoms with Crippen molar-refractivity contribution in [3.8, 4) is 0 Å². The standard InChI is InChI=1S/C3H4O2.4CO.Fe/c1-2-3(4)5;4*1-2;/h2H,1H2,(H,4,5);;;;;. The first kappa shape index (κ1) is 38.7. The van der Waals surface area contributed by atoms with Crippen molar-refractivity contribution in [1.82, 2.24) is 0 Å². The van der Waals surface area contributed by atoms with Crippen LogP contribution >= 0.6 is 0 Å². The van der Waals surface area contributed by atoms with Crippen LogP contribution in [0.25, 0.3) is 0 Å². The van der Waals surface area contributed by atoms with E-state index in [9.17, 15) is 4.79 Å². The number of carboxylic acid groups (broad SMARTS) is 1. The Morgan fingerprint density at radius 3 is 1.07 bits per heavy atom. The molecule has 76 valence electrons. The minimum atomic E-state index is -0.981. The fourth-order valence-electron chi connectivity index (χ4n) is 0. The summed E-state index contributed by atoms with van der Waals surface area (Å²) in [5, 5.41) is 7.60. The quantitative estimate of drug-likeness (QED) is 0.303. The van der Waals surface area contributed by atoms with Crippen LogP contribution in [0.15, 0.2) is 12.7 Å². The van der Waals surface area contributed by atoms with Crippen molar-refractivity contribution in [2.45, 2.75) is 0 Å². The van der Waals surface area contributed by atoms with E-state index in [0.717, 1.165) is 6.08 Å². The Morgan fingerprint density at radius 1 is 1.00 bits per heavy atom. The average Bonchev–Trinajstić information content (AvgIpc) is 2.29. The summed E-state index contributed by atoms with van der Waals surface area (Å²) in [6, 6.07) is 0. The molecule has 0 fully saturated rings. The smallest absolute Gasteiger partial charge is 0 e. The first-order chi connectivity index (χ1) is 6.27. The van der Waals surface area contributed by atoms with Crippen molar-refractivity contribution in [3.63, 3.8) is 0 Å². The molecule has 6 nitrogen and oxygen atoms in total. The van der Waals surface area contributed by atoms with Gasteiger partial charge in [0.05, 0.1) is 0 Å². The van der Waals surface area contributed by atoms with Gasteiger partial charge < -0.3 is 5.11 Å². The van der Waals surface area contributed by atoms with E-state index < -0.39 is 5.97 Å². The number of hydrogen-bond donors (Lipinski definition) is 1. The van der Waals surface area contributed by atoms with E-state index in [0.29, 0.717) is 0 Å². The summed E-state index contributed by atoms with van der Waals surface area (Å²) < 4.78 is 30.0. The van der Waals surface area contributed by atoms with Gasteiger partial charge in [-0.1, -0.05) is 6.58 Å². The number of hydrogen-bond acceptors (Lipinski definition) is 1. The van der Waals surface area contributed by atoms with E-state index in [2.05, 4.69) is 33.2 Å².